The Hall–Kier alpha value is -4.40. The molecular formula is C27H29N3O6. The summed E-state index contributed by atoms with van der Waals surface area (Å²) in [6.07, 6.45) is 1.30. The number of hydrogen-bond acceptors (Lipinski definition) is 6. The summed E-state index contributed by atoms with van der Waals surface area (Å²) in [6.45, 7) is 4.97. The number of nitrogens with one attached hydrogen (secondary N) is 2. The second-order valence-corrected chi connectivity index (χ2v) is 8.37. The molecule has 9 nitrogen and oxygen atoms in total. The molecule has 9 heteroatoms. The highest BCUT2D eigenvalue weighted by molar-refractivity contribution is 5.95. The zero-order valence-electron chi connectivity index (χ0n) is 20.6. The molecule has 0 aliphatic rings. The summed E-state index contributed by atoms with van der Waals surface area (Å²) in [4.78, 5) is 49.4. The van der Waals surface area contributed by atoms with Crippen LogP contribution in [0.3, 0.4) is 0 Å². The second kappa shape index (κ2) is 11.4. The molecule has 1 heterocycles. The Bertz CT molecular complexity index is 1360. The highest BCUT2D eigenvalue weighted by atomic mass is 16.5. The van der Waals surface area contributed by atoms with Crippen LogP contribution in [-0.4, -0.2) is 34.1 Å². The van der Waals surface area contributed by atoms with Crippen molar-refractivity contribution >= 4 is 23.5 Å². The number of benzene rings is 2. The minimum atomic E-state index is -0.796. The molecule has 0 aliphatic carbocycles. The van der Waals surface area contributed by atoms with Gasteiger partial charge in [0.2, 0.25) is 0 Å². The Balaban J connectivity index is 1.92. The van der Waals surface area contributed by atoms with Gasteiger partial charge in [-0.05, 0) is 49.6 Å². The lowest BCUT2D eigenvalue weighted by atomic mass is 9.96. The van der Waals surface area contributed by atoms with Crippen molar-refractivity contribution in [3.05, 3.63) is 81.8 Å². The molecule has 0 saturated carbocycles. The van der Waals surface area contributed by atoms with E-state index in [-0.39, 0.29) is 30.2 Å². The zero-order valence-corrected chi connectivity index (χ0v) is 20.6. The number of rotatable bonds is 8. The number of Topliss-reactive ketones (excluding diaryl/α,β-unsaturated/α-hetero) is 1. The number of anilines is 1. The van der Waals surface area contributed by atoms with Gasteiger partial charge in [-0.2, -0.15) is 0 Å². The predicted molar refractivity (Wildman–Crippen MR) is 136 cm³/mol. The number of pyridine rings is 1. The Morgan fingerprint density at radius 3 is 2.42 bits per heavy atom. The summed E-state index contributed by atoms with van der Waals surface area (Å²) >= 11 is 0. The number of esters is 1. The van der Waals surface area contributed by atoms with Gasteiger partial charge in [0.25, 0.3) is 5.56 Å². The van der Waals surface area contributed by atoms with Crippen molar-refractivity contribution in [3.63, 3.8) is 0 Å². The van der Waals surface area contributed by atoms with E-state index < -0.39 is 23.6 Å². The molecule has 3 rings (SSSR count). The number of ether oxygens (including phenoxy) is 1. The van der Waals surface area contributed by atoms with Crippen LogP contribution in [0, 0.1) is 6.92 Å². The summed E-state index contributed by atoms with van der Waals surface area (Å²) in [5.74, 6) is -0.902. The number of urea groups is 1. The van der Waals surface area contributed by atoms with Gasteiger partial charge in [0.1, 0.15) is 5.75 Å². The first kappa shape index (κ1) is 26.2. The number of aromatic nitrogens is 1. The molecular weight excluding hydrogens is 462 g/mol. The third kappa shape index (κ3) is 6.18. The van der Waals surface area contributed by atoms with E-state index in [1.165, 1.54) is 24.7 Å². The lowest BCUT2D eigenvalue weighted by Crippen LogP contribution is -2.36. The molecule has 188 valence electrons. The molecule has 0 radical (unpaired) electrons. The van der Waals surface area contributed by atoms with Crippen LogP contribution < -0.4 is 16.2 Å². The molecule has 2 aromatic carbocycles. The third-order valence-electron chi connectivity index (χ3n) is 5.64. The first-order chi connectivity index (χ1) is 17.1. The molecule has 3 N–H and O–H groups in total. The number of aryl methyl sites for hydroxylation is 2. The van der Waals surface area contributed by atoms with Crippen molar-refractivity contribution in [1.29, 1.82) is 0 Å². The number of ketones is 1. The van der Waals surface area contributed by atoms with Crippen LogP contribution in [0.25, 0.3) is 11.1 Å². The average molecular weight is 492 g/mol. The number of carbonyl (C=O) groups is 3. The van der Waals surface area contributed by atoms with Crippen LogP contribution >= 0.6 is 0 Å². The van der Waals surface area contributed by atoms with Crippen LogP contribution in [0.4, 0.5) is 10.5 Å². The van der Waals surface area contributed by atoms with E-state index in [0.29, 0.717) is 16.7 Å². The summed E-state index contributed by atoms with van der Waals surface area (Å²) in [7, 11) is 1.51. The maximum atomic E-state index is 12.9. The molecule has 2 amide bonds. The molecule has 1 unspecified atom stereocenters. The van der Waals surface area contributed by atoms with Crippen molar-refractivity contribution < 1.29 is 24.2 Å². The fourth-order valence-electron chi connectivity index (χ4n) is 3.80. The van der Waals surface area contributed by atoms with Crippen molar-refractivity contribution in [2.75, 3.05) is 11.9 Å². The average Bonchev–Trinajstić information content (AvgIpc) is 2.85. The maximum absolute atomic E-state index is 12.9. The molecule has 3 aromatic rings. The minimum absolute atomic E-state index is 0.0583. The zero-order chi connectivity index (χ0) is 26.4. The first-order valence-corrected chi connectivity index (χ1v) is 11.4. The van der Waals surface area contributed by atoms with Crippen molar-refractivity contribution in [3.8, 4) is 16.9 Å². The van der Waals surface area contributed by atoms with Gasteiger partial charge in [0, 0.05) is 24.4 Å². The van der Waals surface area contributed by atoms with E-state index >= 15 is 0 Å². The molecule has 0 fully saturated rings. The van der Waals surface area contributed by atoms with Crippen LogP contribution in [0.5, 0.6) is 5.75 Å². The van der Waals surface area contributed by atoms with Crippen LogP contribution in [0.15, 0.2) is 59.5 Å². The molecule has 0 spiro atoms. The Morgan fingerprint density at radius 2 is 1.75 bits per heavy atom. The van der Waals surface area contributed by atoms with Crippen LogP contribution in [0.2, 0.25) is 0 Å². The molecule has 1 atom stereocenters. The Morgan fingerprint density at radius 1 is 1.08 bits per heavy atom. The van der Waals surface area contributed by atoms with E-state index in [2.05, 4.69) is 10.6 Å². The summed E-state index contributed by atoms with van der Waals surface area (Å²) < 4.78 is 6.33. The van der Waals surface area contributed by atoms with Gasteiger partial charge >= 0.3 is 12.0 Å². The number of aromatic hydroxyl groups is 1. The lowest BCUT2D eigenvalue weighted by Gasteiger charge is -2.20. The SMILES string of the molecule is CCOC(=O)CC(NC(=O)Nc1c(O)c(C)cn(C)c1=O)c1cccc(-c2cccc(C(C)=O)c2)c1. The van der Waals surface area contributed by atoms with Gasteiger partial charge in [-0.3, -0.25) is 14.4 Å². The highest BCUT2D eigenvalue weighted by Crippen LogP contribution is 2.27. The maximum Gasteiger partial charge on any atom is 0.319 e. The molecule has 1 aromatic heterocycles. The summed E-state index contributed by atoms with van der Waals surface area (Å²) in [5, 5.41) is 15.4. The van der Waals surface area contributed by atoms with Gasteiger partial charge in [0.15, 0.2) is 11.5 Å². The van der Waals surface area contributed by atoms with Gasteiger partial charge in [-0.25, -0.2) is 4.79 Å². The first-order valence-electron chi connectivity index (χ1n) is 11.4. The van der Waals surface area contributed by atoms with Crippen molar-refractivity contribution in [2.24, 2.45) is 7.05 Å². The second-order valence-electron chi connectivity index (χ2n) is 8.37. The Labute approximate surface area is 208 Å². The molecule has 0 bridgehead atoms. The van der Waals surface area contributed by atoms with E-state index in [1.807, 2.05) is 18.2 Å². The van der Waals surface area contributed by atoms with E-state index in [1.54, 1.807) is 44.2 Å². The topological polar surface area (TPSA) is 127 Å². The smallest absolute Gasteiger partial charge is 0.319 e. The van der Waals surface area contributed by atoms with Crippen LogP contribution in [-0.2, 0) is 16.6 Å². The third-order valence-corrected chi connectivity index (χ3v) is 5.64. The highest BCUT2D eigenvalue weighted by Gasteiger charge is 2.22. The van der Waals surface area contributed by atoms with Gasteiger partial charge in [-0.15, -0.1) is 0 Å². The van der Waals surface area contributed by atoms with Crippen molar-refractivity contribution in [1.82, 2.24) is 9.88 Å². The fraction of sp³-hybridized carbons (Fsp3) is 0.259. The van der Waals surface area contributed by atoms with Crippen LogP contribution in [0.1, 0.15) is 47.8 Å². The van der Waals surface area contributed by atoms with E-state index in [9.17, 15) is 24.3 Å². The largest absolute Gasteiger partial charge is 0.505 e. The fourth-order valence-corrected chi connectivity index (χ4v) is 3.80. The van der Waals surface area contributed by atoms with E-state index in [0.717, 1.165) is 11.1 Å². The summed E-state index contributed by atoms with van der Waals surface area (Å²) in [6, 6.07) is 12.8. The predicted octanol–water partition coefficient (Wildman–Crippen LogP) is 4.08. The monoisotopic (exact) mass is 491 g/mol. The molecule has 0 saturated heterocycles. The minimum Gasteiger partial charge on any atom is -0.505 e. The van der Waals surface area contributed by atoms with Gasteiger partial charge in [0.05, 0.1) is 19.1 Å². The number of amides is 2. The molecule has 36 heavy (non-hydrogen) atoms. The number of nitrogens with zero attached hydrogens (tertiary/aromatic N) is 1. The number of carbonyl (C=O) groups excluding carboxylic acids is 3. The number of hydrogen-bond donors (Lipinski definition) is 3. The van der Waals surface area contributed by atoms with Gasteiger partial charge in [-0.1, -0.05) is 36.4 Å². The lowest BCUT2D eigenvalue weighted by molar-refractivity contribution is -0.143. The normalized spacial score (nSPS) is 11.4. The van der Waals surface area contributed by atoms with Crippen molar-refractivity contribution in [2.45, 2.75) is 33.2 Å². The van der Waals surface area contributed by atoms with Gasteiger partial charge < -0.3 is 25.0 Å². The summed E-state index contributed by atoms with van der Waals surface area (Å²) in [5.41, 5.74) is 2.34. The standard InChI is InChI=1S/C27H29N3O6/c1-5-36-23(32)14-22(28-27(35)29-24-25(33)16(2)15-30(4)26(24)34)21-11-7-10-20(13-21)19-9-6-8-18(12-19)17(3)31/h6-13,15,22,33H,5,14H2,1-4H3,(H2,28,29,35). The Kier molecular flexibility index (Phi) is 8.26. The van der Waals surface area contributed by atoms with E-state index in [4.69, 9.17) is 4.74 Å². The molecule has 0 aliphatic heterocycles. The quantitative estimate of drug-likeness (QED) is 0.322.